The van der Waals surface area contributed by atoms with Gasteiger partial charge in [-0.3, -0.25) is 0 Å². The molecule has 0 atom stereocenters. The van der Waals surface area contributed by atoms with E-state index in [0.29, 0.717) is 17.2 Å². The molecule has 0 aliphatic carbocycles. The number of unbranched alkanes of at least 4 members (excludes halogenated alkanes) is 1. The summed E-state index contributed by atoms with van der Waals surface area (Å²) in [6.45, 7) is 6.08. The Morgan fingerprint density at radius 1 is 1.28 bits per heavy atom. The summed E-state index contributed by atoms with van der Waals surface area (Å²) in [6, 6.07) is 7.43. The number of hydrogen-bond acceptors (Lipinski definition) is 3. The van der Waals surface area contributed by atoms with Gasteiger partial charge in [-0.15, -0.1) is 0 Å². The number of benzene rings is 1. The quantitative estimate of drug-likeness (QED) is 0.614. The van der Waals surface area contributed by atoms with E-state index in [2.05, 4.69) is 15.3 Å². The smallest absolute Gasteiger partial charge is 0.407 e. The monoisotopic (exact) mass is 359 g/mol. The topological polar surface area (TPSA) is 67.0 Å². The third-order valence-corrected chi connectivity index (χ3v) is 3.67. The fourth-order valence-corrected chi connectivity index (χ4v) is 2.53. The van der Waals surface area contributed by atoms with Crippen LogP contribution in [0.5, 0.6) is 0 Å². The first-order valence-electron chi connectivity index (χ1n) is 8.32. The summed E-state index contributed by atoms with van der Waals surface area (Å²) in [4.78, 5) is 19.2. The van der Waals surface area contributed by atoms with Gasteiger partial charge in [-0.1, -0.05) is 41.3 Å². The lowest BCUT2D eigenvalue weighted by Crippen LogP contribution is -2.33. The normalized spacial score (nSPS) is 11.4. The molecule has 0 unspecified atom stereocenters. The number of halogens is 1. The van der Waals surface area contributed by atoms with Crippen LogP contribution in [-0.2, 0) is 11.2 Å². The third-order valence-electron chi connectivity index (χ3n) is 3.40. The van der Waals surface area contributed by atoms with Crippen LogP contribution in [-0.4, -0.2) is 36.1 Å². The second-order valence-electron chi connectivity index (χ2n) is 6.85. The van der Waals surface area contributed by atoms with Gasteiger partial charge in [0.05, 0.1) is 0 Å². The second kappa shape index (κ2) is 8.43. The molecule has 0 aliphatic heterocycles. The summed E-state index contributed by atoms with van der Waals surface area (Å²) in [5.74, 6) is 0.828. The number of H-pyrrole nitrogens is 1. The SMILES string of the molecule is [B]c1ccc(-c2nc(CCCCNC(=O)OC(C)(C)C)[nH]c2Cl)cc1. The van der Waals surface area contributed by atoms with Crippen LogP contribution in [0.15, 0.2) is 24.3 Å². The van der Waals surface area contributed by atoms with Crippen LogP contribution in [0.3, 0.4) is 0 Å². The van der Waals surface area contributed by atoms with Gasteiger partial charge in [0, 0.05) is 18.5 Å². The van der Waals surface area contributed by atoms with Gasteiger partial charge >= 0.3 is 6.09 Å². The molecule has 2 aromatic rings. The molecule has 2 radical (unpaired) electrons. The lowest BCUT2D eigenvalue weighted by molar-refractivity contribution is 0.0527. The Balaban J connectivity index is 1.78. The highest BCUT2D eigenvalue weighted by Crippen LogP contribution is 2.25. The Labute approximate surface area is 154 Å². The first kappa shape index (κ1) is 19.4. The molecular formula is C18H23BClN3O2. The van der Waals surface area contributed by atoms with Gasteiger partial charge in [0.1, 0.15) is 30.1 Å². The summed E-state index contributed by atoms with van der Waals surface area (Å²) < 4.78 is 5.18. The number of nitrogens with zero attached hydrogens (tertiary/aromatic N) is 1. The van der Waals surface area contributed by atoms with Crippen molar-refractivity contribution in [2.75, 3.05) is 6.54 Å². The molecule has 7 heteroatoms. The number of carbonyl (C=O) groups excluding carboxylic acids is 1. The number of nitrogens with one attached hydrogen (secondary N) is 2. The minimum atomic E-state index is -0.479. The maximum Gasteiger partial charge on any atom is 0.407 e. The van der Waals surface area contributed by atoms with Crippen LogP contribution in [0, 0.1) is 0 Å². The van der Waals surface area contributed by atoms with Crippen LogP contribution in [0.25, 0.3) is 11.3 Å². The Morgan fingerprint density at radius 3 is 2.60 bits per heavy atom. The number of aromatic amines is 1. The first-order chi connectivity index (χ1) is 11.7. The van der Waals surface area contributed by atoms with Gasteiger partial charge in [0.25, 0.3) is 0 Å². The Hall–Kier alpha value is -1.95. The fraction of sp³-hybridized carbons (Fsp3) is 0.444. The number of imidazole rings is 1. The largest absolute Gasteiger partial charge is 0.444 e. The van der Waals surface area contributed by atoms with E-state index < -0.39 is 5.60 Å². The number of alkyl carbamates (subject to hydrolysis) is 1. The standard InChI is InChI=1S/C18H23BClN3O2/c1-18(2,3)25-17(24)21-11-5-4-6-14-22-15(16(20)23-14)12-7-9-13(19)10-8-12/h7-10H,4-6,11H2,1-3H3,(H,21,24)(H,22,23). The molecule has 132 valence electrons. The summed E-state index contributed by atoms with van der Waals surface area (Å²) in [5.41, 5.74) is 1.87. The van der Waals surface area contributed by atoms with Crippen LogP contribution in [0.1, 0.15) is 39.4 Å². The van der Waals surface area contributed by atoms with Crippen molar-refractivity contribution in [2.45, 2.75) is 45.6 Å². The van der Waals surface area contributed by atoms with E-state index in [1.54, 1.807) is 0 Å². The molecule has 0 saturated heterocycles. The molecule has 1 heterocycles. The lowest BCUT2D eigenvalue weighted by atomic mass is 9.95. The molecule has 0 saturated carbocycles. The average Bonchev–Trinajstić information content (AvgIpc) is 2.87. The molecule has 1 amide bonds. The molecule has 0 bridgehead atoms. The number of amides is 1. The number of aromatic nitrogens is 2. The number of carbonyl (C=O) groups is 1. The van der Waals surface area contributed by atoms with Crippen LogP contribution in [0.4, 0.5) is 4.79 Å². The minimum Gasteiger partial charge on any atom is -0.444 e. The van der Waals surface area contributed by atoms with Crippen molar-refractivity contribution in [1.82, 2.24) is 15.3 Å². The van der Waals surface area contributed by atoms with Crippen LogP contribution < -0.4 is 10.8 Å². The summed E-state index contributed by atoms with van der Waals surface area (Å²) >= 11 is 6.24. The molecule has 25 heavy (non-hydrogen) atoms. The Bertz CT molecular complexity index is 708. The molecule has 1 aromatic heterocycles. The second-order valence-corrected chi connectivity index (χ2v) is 7.23. The van der Waals surface area contributed by atoms with Crippen molar-refractivity contribution in [3.63, 3.8) is 0 Å². The van der Waals surface area contributed by atoms with E-state index >= 15 is 0 Å². The molecule has 5 nitrogen and oxygen atoms in total. The van der Waals surface area contributed by atoms with E-state index in [0.717, 1.165) is 36.3 Å². The highest BCUT2D eigenvalue weighted by Gasteiger charge is 2.15. The zero-order valence-corrected chi connectivity index (χ0v) is 15.6. The zero-order valence-electron chi connectivity index (χ0n) is 14.9. The van der Waals surface area contributed by atoms with Crippen molar-refractivity contribution < 1.29 is 9.53 Å². The van der Waals surface area contributed by atoms with E-state index in [9.17, 15) is 4.79 Å². The number of ether oxygens (including phenoxy) is 1. The van der Waals surface area contributed by atoms with E-state index in [1.807, 2.05) is 45.0 Å². The lowest BCUT2D eigenvalue weighted by Gasteiger charge is -2.19. The average molecular weight is 360 g/mol. The maximum absolute atomic E-state index is 11.5. The third kappa shape index (κ3) is 6.46. The highest BCUT2D eigenvalue weighted by atomic mass is 35.5. The van der Waals surface area contributed by atoms with Gasteiger partial charge in [-0.25, -0.2) is 9.78 Å². The molecular weight excluding hydrogens is 336 g/mol. The van der Waals surface area contributed by atoms with Crippen molar-refractivity contribution in [2.24, 2.45) is 0 Å². The van der Waals surface area contributed by atoms with Gasteiger partial charge in [-0.2, -0.15) is 0 Å². The molecule has 2 rings (SSSR count). The van der Waals surface area contributed by atoms with Crippen molar-refractivity contribution in [1.29, 1.82) is 0 Å². The summed E-state index contributed by atoms with van der Waals surface area (Å²) in [7, 11) is 5.70. The van der Waals surface area contributed by atoms with Crippen molar-refractivity contribution >= 4 is 31.0 Å². The van der Waals surface area contributed by atoms with Crippen LogP contribution in [0.2, 0.25) is 5.15 Å². The highest BCUT2D eigenvalue weighted by molar-refractivity contribution is 6.33. The molecule has 0 aliphatic rings. The summed E-state index contributed by atoms with van der Waals surface area (Å²) in [5, 5.41) is 3.26. The van der Waals surface area contributed by atoms with Gasteiger partial charge in [-0.05, 0) is 33.6 Å². The van der Waals surface area contributed by atoms with Crippen LogP contribution >= 0.6 is 11.6 Å². The van der Waals surface area contributed by atoms with E-state index in [-0.39, 0.29) is 6.09 Å². The molecule has 2 N–H and O–H groups in total. The maximum atomic E-state index is 11.5. The number of rotatable bonds is 6. The first-order valence-corrected chi connectivity index (χ1v) is 8.69. The molecule has 1 aromatic carbocycles. The van der Waals surface area contributed by atoms with Gasteiger partial charge in [0.2, 0.25) is 0 Å². The van der Waals surface area contributed by atoms with E-state index in [1.165, 1.54) is 0 Å². The minimum absolute atomic E-state index is 0.390. The van der Waals surface area contributed by atoms with Crippen molar-refractivity contribution in [3.05, 3.63) is 35.2 Å². The number of aryl methyl sites for hydroxylation is 1. The number of hydrogen-bond donors (Lipinski definition) is 2. The molecule has 0 fully saturated rings. The fourth-order valence-electron chi connectivity index (χ4n) is 2.27. The molecule has 0 spiro atoms. The predicted molar refractivity (Wildman–Crippen MR) is 102 cm³/mol. The Kier molecular flexibility index (Phi) is 6.54. The summed E-state index contributed by atoms with van der Waals surface area (Å²) in [6.07, 6.45) is 2.07. The predicted octanol–water partition coefficient (Wildman–Crippen LogP) is 3.37. The van der Waals surface area contributed by atoms with E-state index in [4.69, 9.17) is 24.2 Å². The van der Waals surface area contributed by atoms with Gasteiger partial charge < -0.3 is 15.0 Å². The Morgan fingerprint density at radius 2 is 1.96 bits per heavy atom. The van der Waals surface area contributed by atoms with Crippen molar-refractivity contribution in [3.8, 4) is 11.3 Å². The zero-order chi connectivity index (χ0) is 18.4. The van der Waals surface area contributed by atoms with Gasteiger partial charge in [0.15, 0.2) is 0 Å².